The van der Waals surface area contributed by atoms with E-state index in [9.17, 15) is 4.79 Å². The first-order chi connectivity index (χ1) is 8.94. The van der Waals surface area contributed by atoms with E-state index in [2.05, 4.69) is 44.5 Å². The molecule has 2 aliphatic heterocycles. The number of hydrogen-bond acceptors (Lipinski definition) is 3. The van der Waals surface area contributed by atoms with Crippen molar-refractivity contribution in [1.29, 1.82) is 0 Å². The van der Waals surface area contributed by atoms with Gasteiger partial charge in [-0.2, -0.15) is 0 Å². The van der Waals surface area contributed by atoms with Gasteiger partial charge in [-0.1, -0.05) is 6.08 Å². The Morgan fingerprint density at radius 2 is 1.70 bits per heavy atom. The van der Waals surface area contributed by atoms with E-state index in [1.807, 2.05) is 19.9 Å². The van der Waals surface area contributed by atoms with E-state index in [1.54, 1.807) is 0 Å². The predicted molar refractivity (Wildman–Crippen MR) is 80.3 cm³/mol. The second-order valence-corrected chi connectivity index (χ2v) is 7.94. The van der Waals surface area contributed by atoms with Gasteiger partial charge in [0, 0.05) is 30.5 Å². The number of nitrogens with zero attached hydrogens (tertiary/aromatic N) is 1. The zero-order valence-corrected chi connectivity index (χ0v) is 13.7. The molecule has 0 radical (unpaired) electrons. The molecule has 2 aliphatic rings. The van der Waals surface area contributed by atoms with Gasteiger partial charge in [0.25, 0.3) is 5.91 Å². The molecular formula is C16H28N2O2. The summed E-state index contributed by atoms with van der Waals surface area (Å²) in [6.07, 6.45) is 3.33. The molecule has 0 aromatic rings. The van der Waals surface area contributed by atoms with Crippen LogP contribution in [-0.4, -0.2) is 39.8 Å². The van der Waals surface area contributed by atoms with Crippen LogP contribution in [0.5, 0.6) is 0 Å². The van der Waals surface area contributed by atoms with Crippen LogP contribution in [0.4, 0.5) is 0 Å². The number of amides is 1. The summed E-state index contributed by atoms with van der Waals surface area (Å²) in [5, 5.41) is 2.98. The summed E-state index contributed by atoms with van der Waals surface area (Å²) in [4.78, 5) is 14.9. The average molecular weight is 280 g/mol. The molecule has 2 saturated heterocycles. The van der Waals surface area contributed by atoms with Crippen LogP contribution >= 0.6 is 0 Å². The third-order valence-corrected chi connectivity index (χ3v) is 4.49. The monoisotopic (exact) mass is 280 g/mol. The van der Waals surface area contributed by atoms with Crippen molar-refractivity contribution < 1.29 is 9.53 Å². The van der Waals surface area contributed by atoms with Crippen LogP contribution < -0.4 is 5.32 Å². The van der Waals surface area contributed by atoms with E-state index < -0.39 is 11.3 Å². The standard InChI is InChI=1S/C16H28N2O2/c1-8-9-18-13(2,3)10-16(11-14(18,4)5)12(19)17-15(6,7)20-16/h8H,1,9-11H2,2-7H3,(H,17,19). The van der Waals surface area contributed by atoms with E-state index in [1.165, 1.54) is 0 Å². The number of hydrogen-bond donors (Lipinski definition) is 1. The molecule has 0 atom stereocenters. The summed E-state index contributed by atoms with van der Waals surface area (Å²) in [7, 11) is 0. The highest BCUT2D eigenvalue weighted by Gasteiger charge is 2.61. The normalized spacial score (nSPS) is 30.2. The number of carbonyl (C=O) groups excluding carboxylic acids is 1. The molecule has 4 heteroatoms. The van der Waals surface area contributed by atoms with Crippen molar-refractivity contribution in [3.8, 4) is 0 Å². The zero-order valence-electron chi connectivity index (χ0n) is 13.7. The molecule has 2 rings (SSSR count). The highest BCUT2D eigenvalue weighted by Crippen LogP contribution is 2.48. The van der Waals surface area contributed by atoms with E-state index in [0.717, 1.165) is 6.54 Å². The topological polar surface area (TPSA) is 41.6 Å². The highest BCUT2D eigenvalue weighted by molar-refractivity contribution is 5.88. The van der Waals surface area contributed by atoms with Crippen LogP contribution in [-0.2, 0) is 9.53 Å². The number of nitrogens with one attached hydrogen (secondary N) is 1. The van der Waals surface area contributed by atoms with E-state index in [-0.39, 0.29) is 17.0 Å². The number of rotatable bonds is 2. The Kier molecular flexibility index (Phi) is 3.34. The quantitative estimate of drug-likeness (QED) is 0.790. The van der Waals surface area contributed by atoms with Crippen molar-refractivity contribution >= 4 is 5.91 Å². The Morgan fingerprint density at radius 1 is 1.20 bits per heavy atom. The van der Waals surface area contributed by atoms with Crippen molar-refractivity contribution in [1.82, 2.24) is 10.2 Å². The second kappa shape index (κ2) is 4.31. The van der Waals surface area contributed by atoms with Gasteiger partial charge in [-0.25, -0.2) is 0 Å². The summed E-state index contributed by atoms with van der Waals surface area (Å²) in [6, 6.07) is 0. The average Bonchev–Trinajstić information content (AvgIpc) is 2.40. The Hall–Kier alpha value is -0.870. The number of carbonyl (C=O) groups is 1. The smallest absolute Gasteiger partial charge is 0.254 e. The molecule has 114 valence electrons. The molecule has 0 saturated carbocycles. The van der Waals surface area contributed by atoms with Crippen molar-refractivity contribution in [2.75, 3.05) is 6.54 Å². The molecule has 20 heavy (non-hydrogen) atoms. The number of piperidine rings is 1. The number of likely N-dealkylation sites (tertiary alicyclic amines) is 1. The Labute approximate surface area is 122 Å². The van der Waals surface area contributed by atoms with Crippen LogP contribution in [0, 0.1) is 0 Å². The molecular weight excluding hydrogens is 252 g/mol. The van der Waals surface area contributed by atoms with E-state index >= 15 is 0 Å². The third-order valence-electron chi connectivity index (χ3n) is 4.49. The fourth-order valence-electron chi connectivity index (χ4n) is 4.27. The summed E-state index contributed by atoms with van der Waals surface area (Å²) >= 11 is 0. The van der Waals surface area contributed by atoms with Gasteiger partial charge in [0.15, 0.2) is 5.60 Å². The van der Waals surface area contributed by atoms with Crippen LogP contribution in [0.15, 0.2) is 12.7 Å². The minimum Gasteiger partial charge on any atom is -0.340 e. The van der Waals surface area contributed by atoms with Crippen molar-refractivity contribution in [2.45, 2.75) is 76.8 Å². The minimum absolute atomic E-state index is 0.0295. The summed E-state index contributed by atoms with van der Waals surface area (Å²) in [5.74, 6) is 0.0295. The molecule has 0 bridgehead atoms. The van der Waals surface area contributed by atoms with Gasteiger partial charge in [-0.15, -0.1) is 6.58 Å². The van der Waals surface area contributed by atoms with Gasteiger partial charge in [0.2, 0.25) is 0 Å². The Bertz CT molecular complexity index is 420. The maximum atomic E-state index is 12.5. The summed E-state index contributed by atoms with van der Waals surface area (Å²) in [6.45, 7) is 17.2. The SMILES string of the molecule is C=CCN1C(C)(C)CC2(CC1(C)C)OC(C)(C)NC2=O. The van der Waals surface area contributed by atoms with Crippen LogP contribution in [0.25, 0.3) is 0 Å². The molecule has 2 heterocycles. The van der Waals surface area contributed by atoms with Gasteiger partial charge in [-0.3, -0.25) is 9.69 Å². The van der Waals surface area contributed by atoms with Gasteiger partial charge < -0.3 is 10.1 Å². The molecule has 0 aliphatic carbocycles. The lowest BCUT2D eigenvalue weighted by atomic mass is 9.70. The lowest BCUT2D eigenvalue weighted by Gasteiger charge is -2.57. The lowest BCUT2D eigenvalue weighted by Crippen LogP contribution is -2.67. The van der Waals surface area contributed by atoms with Crippen molar-refractivity contribution in [2.24, 2.45) is 0 Å². The first-order valence-electron chi connectivity index (χ1n) is 7.36. The Balaban J connectivity index is 2.39. The van der Waals surface area contributed by atoms with Crippen LogP contribution in [0.1, 0.15) is 54.4 Å². The predicted octanol–water partition coefficient (Wildman–Crippen LogP) is 2.45. The molecule has 0 unspecified atom stereocenters. The molecule has 4 nitrogen and oxygen atoms in total. The maximum Gasteiger partial charge on any atom is 0.254 e. The van der Waals surface area contributed by atoms with Crippen molar-refractivity contribution in [3.63, 3.8) is 0 Å². The maximum absolute atomic E-state index is 12.5. The first kappa shape index (κ1) is 15.5. The van der Waals surface area contributed by atoms with E-state index in [4.69, 9.17) is 4.74 Å². The fraction of sp³-hybridized carbons (Fsp3) is 0.812. The highest BCUT2D eigenvalue weighted by atomic mass is 16.6. The molecule has 1 spiro atoms. The molecule has 1 N–H and O–H groups in total. The molecule has 1 amide bonds. The molecule has 2 fully saturated rings. The van der Waals surface area contributed by atoms with Gasteiger partial charge in [0.1, 0.15) is 5.72 Å². The zero-order chi connectivity index (χ0) is 15.4. The summed E-state index contributed by atoms with van der Waals surface area (Å²) < 4.78 is 6.17. The third kappa shape index (κ3) is 2.40. The number of ether oxygens (including phenoxy) is 1. The van der Waals surface area contributed by atoms with Crippen LogP contribution in [0.2, 0.25) is 0 Å². The lowest BCUT2D eigenvalue weighted by molar-refractivity contribution is -0.179. The van der Waals surface area contributed by atoms with Gasteiger partial charge >= 0.3 is 0 Å². The first-order valence-corrected chi connectivity index (χ1v) is 7.36. The molecule has 0 aromatic heterocycles. The fourth-order valence-corrected chi connectivity index (χ4v) is 4.27. The minimum atomic E-state index is -0.714. The summed E-state index contributed by atoms with van der Waals surface area (Å²) in [5.41, 5.74) is -1.53. The van der Waals surface area contributed by atoms with E-state index in [0.29, 0.717) is 12.8 Å². The molecule has 0 aromatic carbocycles. The second-order valence-electron chi connectivity index (χ2n) is 7.94. The van der Waals surface area contributed by atoms with Crippen LogP contribution in [0.3, 0.4) is 0 Å². The largest absolute Gasteiger partial charge is 0.340 e. The van der Waals surface area contributed by atoms with Gasteiger partial charge in [0.05, 0.1) is 0 Å². The van der Waals surface area contributed by atoms with Crippen molar-refractivity contribution in [3.05, 3.63) is 12.7 Å². The van der Waals surface area contributed by atoms with Gasteiger partial charge in [-0.05, 0) is 41.5 Å². The Morgan fingerprint density at radius 3 is 2.05 bits per heavy atom.